The number of hydrogen-bond acceptors (Lipinski definition) is 4. The van der Waals surface area contributed by atoms with Crippen LogP contribution >= 0.6 is 0 Å². The van der Waals surface area contributed by atoms with Crippen molar-refractivity contribution in [3.8, 4) is 0 Å². The number of carbonyl (C=O) groups is 1. The molecule has 0 spiro atoms. The fourth-order valence-electron chi connectivity index (χ4n) is 3.15. The van der Waals surface area contributed by atoms with Crippen molar-refractivity contribution in [3.63, 3.8) is 0 Å². The van der Waals surface area contributed by atoms with Gasteiger partial charge in [-0.2, -0.15) is 0 Å². The average Bonchev–Trinajstić information content (AvgIpc) is 2.76. The summed E-state index contributed by atoms with van der Waals surface area (Å²) in [5, 5.41) is 0. The van der Waals surface area contributed by atoms with Gasteiger partial charge in [0, 0.05) is 25.2 Å². The second kappa shape index (κ2) is 4.96. The van der Waals surface area contributed by atoms with E-state index in [2.05, 4.69) is 16.8 Å². The number of hydrogen-bond donors (Lipinski definition) is 0. The normalized spacial score (nSPS) is 25.4. The first-order chi connectivity index (χ1) is 9.16. The quantitative estimate of drug-likeness (QED) is 0.814. The average molecular weight is 263 g/mol. The van der Waals surface area contributed by atoms with Crippen LogP contribution in [0.2, 0.25) is 0 Å². The number of aryl methyl sites for hydroxylation is 1. The van der Waals surface area contributed by atoms with Crippen LogP contribution in [0.25, 0.3) is 0 Å². The monoisotopic (exact) mass is 263 g/mol. The van der Waals surface area contributed by atoms with Gasteiger partial charge < -0.3 is 9.32 Å². The van der Waals surface area contributed by atoms with E-state index in [1.807, 2.05) is 4.90 Å². The number of amides is 1. The topological polar surface area (TPSA) is 49.6 Å². The lowest BCUT2D eigenvalue weighted by molar-refractivity contribution is 0.00175. The lowest BCUT2D eigenvalue weighted by atomic mass is 9.97. The molecule has 2 aliphatic rings. The molecule has 5 nitrogen and oxygen atoms in total. The number of aromatic nitrogens is 1. The van der Waals surface area contributed by atoms with E-state index in [0.29, 0.717) is 23.5 Å². The van der Waals surface area contributed by atoms with E-state index in [0.717, 1.165) is 13.1 Å². The van der Waals surface area contributed by atoms with Crippen LogP contribution in [0.5, 0.6) is 0 Å². The van der Waals surface area contributed by atoms with E-state index in [1.165, 1.54) is 32.2 Å². The van der Waals surface area contributed by atoms with Crippen molar-refractivity contribution in [3.05, 3.63) is 17.8 Å². The van der Waals surface area contributed by atoms with Gasteiger partial charge >= 0.3 is 0 Å². The molecule has 1 amide bonds. The van der Waals surface area contributed by atoms with Crippen LogP contribution in [0.1, 0.15) is 42.4 Å². The Morgan fingerprint density at radius 3 is 2.84 bits per heavy atom. The van der Waals surface area contributed by atoms with Gasteiger partial charge in [0.1, 0.15) is 5.76 Å². The van der Waals surface area contributed by atoms with Crippen LogP contribution in [-0.4, -0.2) is 52.4 Å². The molecule has 1 unspecified atom stereocenters. The van der Waals surface area contributed by atoms with Crippen molar-refractivity contribution < 1.29 is 9.21 Å². The third kappa shape index (κ3) is 2.27. The Morgan fingerprint density at radius 1 is 1.42 bits per heavy atom. The van der Waals surface area contributed by atoms with Gasteiger partial charge in [0.25, 0.3) is 5.91 Å². The Hall–Kier alpha value is -1.36. The lowest BCUT2D eigenvalue weighted by Crippen LogP contribution is -2.63. The molecule has 3 heterocycles. The van der Waals surface area contributed by atoms with Gasteiger partial charge in [-0.1, -0.05) is 6.42 Å². The van der Waals surface area contributed by atoms with Gasteiger partial charge in [-0.3, -0.25) is 9.69 Å². The molecule has 0 bridgehead atoms. The van der Waals surface area contributed by atoms with Crippen molar-refractivity contribution in [1.29, 1.82) is 0 Å². The van der Waals surface area contributed by atoms with E-state index in [9.17, 15) is 4.79 Å². The molecule has 5 heteroatoms. The molecule has 2 aliphatic heterocycles. The second-order valence-electron chi connectivity index (χ2n) is 5.70. The molecule has 0 radical (unpaired) electrons. The zero-order chi connectivity index (χ0) is 13.4. The van der Waals surface area contributed by atoms with E-state index in [-0.39, 0.29) is 5.91 Å². The zero-order valence-electron chi connectivity index (χ0n) is 11.6. The second-order valence-corrected chi connectivity index (χ2v) is 5.70. The Morgan fingerprint density at radius 2 is 2.21 bits per heavy atom. The first kappa shape index (κ1) is 12.7. The van der Waals surface area contributed by atoms with Crippen LogP contribution < -0.4 is 0 Å². The summed E-state index contributed by atoms with van der Waals surface area (Å²) in [6.07, 6.45) is 5.25. The molecule has 0 N–H and O–H groups in total. The first-order valence-electron chi connectivity index (χ1n) is 7.12. The van der Waals surface area contributed by atoms with Crippen molar-refractivity contribution in [2.75, 3.05) is 19.6 Å². The minimum Gasteiger partial charge on any atom is -0.448 e. The summed E-state index contributed by atoms with van der Waals surface area (Å²) in [6, 6.07) is 1.19. The summed E-state index contributed by atoms with van der Waals surface area (Å²) in [4.78, 5) is 20.6. The smallest absolute Gasteiger partial charge is 0.276 e. The standard InChI is InChI=1S/C14H21N3O2/c1-10-5-3-4-6-17(10)12-7-16(8-12)14(18)13-11(2)19-9-15-13/h9-10,12H,3-8H2,1-2H3. The molecule has 0 saturated carbocycles. The zero-order valence-corrected chi connectivity index (χ0v) is 11.6. The maximum absolute atomic E-state index is 12.2. The van der Waals surface area contributed by atoms with Gasteiger partial charge in [0.15, 0.2) is 12.1 Å². The third-order valence-electron chi connectivity index (χ3n) is 4.42. The Labute approximate surface area is 113 Å². The van der Waals surface area contributed by atoms with E-state index >= 15 is 0 Å². The molecule has 1 aromatic heterocycles. The van der Waals surface area contributed by atoms with Crippen molar-refractivity contribution >= 4 is 5.91 Å². The highest BCUT2D eigenvalue weighted by Gasteiger charge is 2.38. The molecule has 0 aliphatic carbocycles. The van der Waals surface area contributed by atoms with Gasteiger partial charge in [-0.15, -0.1) is 0 Å². The summed E-state index contributed by atoms with van der Waals surface area (Å²) >= 11 is 0. The minimum absolute atomic E-state index is 0.00663. The largest absolute Gasteiger partial charge is 0.448 e. The summed E-state index contributed by atoms with van der Waals surface area (Å²) in [5.74, 6) is 0.618. The number of likely N-dealkylation sites (tertiary alicyclic amines) is 2. The maximum Gasteiger partial charge on any atom is 0.276 e. The molecule has 2 saturated heterocycles. The van der Waals surface area contributed by atoms with Crippen LogP contribution in [0.3, 0.4) is 0 Å². The third-order valence-corrected chi connectivity index (χ3v) is 4.42. The van der Waals surface area contributed by atoms with Crippen molar-refractivity contribution in [2.24, 2.45) is 0 Å². The fraction of sp³-hybridized carbons (Fsp3) is 0.714. The molecule has 1 aromatic rings. The molecule has 1 atom stereocenters. The number of oxazole rings is 1. The predicted octanol–water partition coefficient (Wildman–Crippen LogP) is 1.68. The van der Waals surface area contributed by atoms with Crippen LogP contribution in [0, 0.1) is 6.92 Å². The maximum atomic E-state index is 12.2. The van der Waals surface area contributed by atoms with Crippen LogP contribution in [0.15, 0.2) is 10.8 Å². The summed E-state index contributed by atoms with van der Waals surface area (Å²) < 4.78 is 5.10. The van der Waals surface area contributed by atoms with Crippen LogP contribution in [0.4, 0.5) is 0 Å². The fourth-order valence-corrected chi connectivity index (χ4v) is 3.15. The van der Waals surface area contributed by atoms with Gasteiger partial charge in [0.05, 0.1) is 0 Å². The molecule has 104 valence electrons. The van der Waals surface area contributed by atoms with E-state index < -0.39 is 0 Å². The number of piperidine rings is 1. The minimum atomic E-state index is 0.00663. The van der Waals surface area contributed by atoms with Crippen LogP contribution in [-0.2, 0) is 0 Å². The predicted molar refractivity (Wildman–Crippen MR) is 71.0 cm³/mol. The Kier molecular flexibility index (Phi) is 3.31. The van der Waals surface area contributed by atoms with E-state index in [4.69, 9.17) is 4.42 Å². The number of nitrogens with zero attached hydrogens (tertiary/aromatic N) is 3. The lowest BCUT2D eigenvalue weighted by Gasteiger charge is -2.49. The summed E-state index contributed by atoms with van der Waals surface area (Å²) in [5.41, 5.74) is 0.463. The Balaban J connectivity index is 1.58. The highest BCUT2D eigenvalue weighted by atomic mass is 16.3. The van der Waals surface area contributed by atoms with Gasteiger partial charge in [-0.25, -0.2) is 4.98 Å². The highest BCUT2D eigenvalue weighted by Crippen LogP contribution is 2.25. The molecule has 2 fully saturated rings. The Bertz CT molecular complexity index is 465. The molecular weight excluding hydrogens is 242 g/mol. The molecular formula is C14H21N3O2. The molecule has 0 aromatic carbocycles. The van der Waals surface area contributed by atoms with Gasteiger partial charge in [-0.05, 0) is 33.2 Å². The SMILES string of the molecule is Cc1ocnc1C(=O)N1CC(N2CCCCC2C)C1. The highest BCUT2D eigenvalue weighted by molar-refractivity contribution is 5.93. The number of rotatable bonds is 2. The van der Waals surface area contributed by atoms with Crippen molar-refractivity contribution in [2.45, 2.75) is 45.2 Å². The van der Waals surface area contributed by atoms with Crippen molar-refractivity contribution in [1.82, 2.24) is 14.8 Å². The summed E-state index contributed by atoms with van der Waals surface area (Å²) in [6.45, 7) is 6.91. The molecule has 3 rings (SSSR count). The van der Waals surface area contributed by atoms with Gasteiger partial charge in [0.2, 0.25) is 0 Å². The first-order valence-corrected chi connectivity index (χ1v) is 7.12. The number of carbonyl (C=O) groups excluding carboxylic acids is 1. The van der Waals surface area contributed by atoms with E-state index in [1.54, 1.807) is 6.92 Å². The summed E-state index contributed by atoms with van der Waals surface area (Å²) in [7, 11) is 0. The molecule has 19 heavy (non-hydrogen) atoms.